The number of hydrogen-bond acceptors (Lipinski definition) is 2. The molecule has 0 radical (unpaired) electrons. The highest BCUT2D eigenvalue weighted by Gasteiger charge is 2.49. The summed E-state index contributed by atoms with van der Waals surface area (Å²) in [6.45, 7) is 0. The first kappa shape index (κ1) is 9.88. The van der Waals surface area contributed by atoms with Gasteiger partial charge in [0.05, 0.1) is 0 Å². The zero-order valence-corrected chi connectivity index (χ0v) is 9.28. The predicted molar refractivity (Wildman–Crippen MR) is 61.5 cm³/mol. The molecule has 2 heteroatoms. The minimum atomic E-state index is 0.0636. The zero-order valence-electron chi connectivity index (χ0n) is 9.28. The van der Waals surface area contributed by atoms with E-state index in [9.17, 15) is 9.90 Å². The van der Waals surface area contributed by atoms with Gasteiger partial charge in [0.15, 0.2) is 0 Å². The van der Waals surface area contributed by atoms with Crippen molar-refractivity contribution < 1.29 is 9.90 Å². The van der Waals surface area contributed by atoms with Crippen molar-refractivity contribution in [2.45, 2.75) is 37.5 Å². The van der Waals surface area contributed by atoms with Gasteiger partial charge in [-0.3, -0.25) is 0 Å². The van der Waals surface area contributed by atoms with E-state index in [2.05, 4.69) is 0 Å². The van der Waals surface area contributed by atoms with Crippen molar-refractivity contribution in [2.75, 3.05) is 0 Å². The van der Waals surface area contributed by atoms with Crippen molar-refractivity contribution in [3.8, 4) is 5.75 Å². The van der Waals surface area contributed by atoms with Gasteiger partial charge in [-0.25, -0.2) is 0 Å². The molecule has 0 bridgehead atoms. The number of benzene rings is 1. The van der Waals surface area contributed by atoms with Gasteiger partial charge in [-0.2, -0.15) is 0 Å². The summed E-state index contributed by atoms with van der Waals surface area (Å²) in [6.07, 6.45) is 6.59. The van der Waals surface area contributed by atoms with Crippen LogP contribution in [0.5, 0.6) is 5.75 Å². The van der Waals surface area contributed by atoms with Crippen molar-refractivity contribution in [3.05, 3.63) is 29.3 Å². The molecule has 1 fully saturated rings. The largest absolute Gasteiger partial charge is 0.508 e. The van der Waals surface area contributed by atoms with Crippen LogP contribution in [0.2, 0.25) is 0 Å². The Morgan fingerprint density at radius 2 is 2.25 bits per heavy atom. The fraction of sp³-hybridized carbons (Fsp3) is 0.500. The van der Waals surface area contributed by atoms with Gasteiger partial charge < -0.3 is 9.90 Å². The first-order valence-electron chi connectivity index (χ1n) is 6.04. The number of aromatic hydroxyl groups is 1. The van der Waals surface area contributed by atoms with Gasteiger partial charge in [-0.05, 0) is 55.4 Å². The summed E-state index contributed by atoms with van der Waals surface area (Å²) in [7, 11) is 0. The second kappa shape index (κ2) is 3.34. The summed E-state index contributed by atoms with van der Waals surface area (Å²) in [5, 5.41) is 9.61. The lowest BCUT2D eigenvalue weighted by Crippen LogP contribution is -2.47. The Morgan fingerprint density at radius 3 is 2.94 bits per heavy atom. The molecule has 1 saturated carbocycles. The van der Waals surface area contributed by atoms with Crippen LogP contribution in [0.3, 0.4) is 0 Å². The maximum Gasteiger partial charge on any atom is 0.123 e. The van der Waals surface area contributed by atoms with Gasteiger partial charge in [0.2, 0.25) is 0 Å². The fourth-order valence-corrected chi connectivity index (χ4v) is 3.48. The molecular weight excluding hydrogens is 200 g/mol. The maximum atomic E-state index is 11.1. The molecule has 3 rings (SSSR count). The number of phenols is 1. The molecule has 16 heavy (non-hydrogen) atoms. The standard InChI is InChI=1S/C14H16O2/c15-9-11-5-7-14(11)6-1-2-10-3-4-12(16)8-13(10)14/h3-4,8-9,11,16H,1-2,5-7H2/t11-,14-/m0/s1. The Kier molecular flexibility index (Phi) is 2.06. The van der Waals surface area contributed by atoms with E-state index >= 15 is 0 Å². The summed E-state index contributed by atoms with van der Waals surface area (Å²) in [6, 6.07) is 5.66. The summed E-state index contributed by atoms with van der Waals surface area (Å²) < 4.78 is 0. The monoisotopic (exact) mass is 216 g/mol. The molecule has 1 spiro atoms. The topological polar surface area (TPSA) is 37.3 Å². The SMILES string of the molecule is O=C[C@@H]1CC[C@@]12CCCc1ccc(O)cc12. The first-order valence-corrected chi connectivity index (χ1v) is 6.04. The average Bonchev–Trinajstić information content (AvgIpc) is 2.27. The molecule has 0 aliphatic heterocycles. The molecule has 2 atom stereocenters. The van der Waals surface area contributed by atoms with Gasteiger partial charge in [0, 0.05) is 11.3 Å². The normalized spacial score (nSPS) is 31.9. The molecule has 0 unspecified atom stereocenters. The lowest BCUT2D eigenvalue weighted by molar-refractivity contribution is -0.117. The van der Waals surface area contributed by atoms with Crippen LogP contribution in [0.25, 0.3) is 0 Å². The van der Waals surface area contributed by atoms with E-state index in [-0.39, 0.29) is 11.3 Å². The molecule has 1 aromatic carbocycles. The highest BCUT2D eigenvalue weighted by molar-refractivity contribution is 5.62. The Labute approximate surface area is 95.3 Å². The van der Waals surface area contributed by atoms with Crippen LogP contribution in [0, 0.1) is 5.92 Å². The summed E-state index contributed by atoms with van der Waals surface area (Å²) in [5.41, 5.74) is 2.63. The van der Waals surface area contributed by atoms with Crippen molar-refractivity contribution in [1.82, 2.24) is 0 Å². The van der Waals surface area contributed by atoms with E-state index < -0.39 is 0 Å². The van der Waals surface area contributed by atoms with Crippen molar-refractivity contribution in [2.24, 2.45) is 5.92 Å². The number of carbonyl (C=O) groups is 1. The molecule has 2 nitrogen and oxygen atoms in total. The Balaban J connectivity index is 2.12. The van der Waals surface area contributed by atoms with Gasteiger partial charge in [0.1, 0.15) is 12.0 Å². The van der Waals surface area contributed by atoms with Crippen LogP contribution in [0.15, 0.2) is 18.2 Å². The number of fused-ring (bicyclic) bond motifs is 2. The van der Waals surface area contributed by atoms with Gasteiger partial charge in [0.25, 0.3) is 0 Å². The molecule has 2 aliphatic rings. The molecule has 0 saturated heterocycles. The second-order valence-corrected chi connectivity index (χ2v) is 5.13. The van der Waals surface area contributed by atoms with Crippen molar-refractivity contribution in [3.63, 3.8) is 0 Å². The van der Waals surface area contributed by atoms with E-state index in [1.165, 1.54) is 17.5 Å². The Bertz CT molecular complexity index is 438. The number of aldehydes is 1. The molecule has 1 N–H and O–H groups in total. The molecule has 1 aromatic rings. The third kappa shape index (κ3) is 1.16. The third-order valence-corrected chi connectivity index (χ3v) is 4.47. The average molecular weight is 216 g/mol. The van der Waals surface area contributed by atoms with E-state index in [1.807, 2.05) is 12.1 Å². The Morgan fingerprint density at radius 1 is 1.38 bits per heavy atom. The predicted octanol–water partition coefficient (Wildman–Crippen LogP) is 2.58. The van der Waals surface area contributed by atoms with E-state index in [1.54, 1.807) is 6.07 Å². The number of hydrogen-bond donors (Lipinski definition) is 1. The van der Waals surface area contributed by atoms with Crippen LogP contribution in [-0.2, 0) is 16.6 Å². The van der Waals surface area contributed by atoms with Gasteiger partial charge in [-0.15, -0.1) is 0 Å². The molecule has 84 valence electrons. The van der Waals surface area contributed by atoms with E-state index in [0.717, 1.165) is 32.0 Å². The van der Waals surface area contributed by atoms with Crippen molar-refractivity contribution in [1.29, 1.82) is 0 Å². The maximum absolute atomic E-state index is 11.1. The van der Waals surface area contributed by atoms with Gasteiger partial charge >= 0.3 is 0 Å². The van der Waals surface area contributed by atoms with Crippen LogP contribution in [0.1, 0.15) is 36.8 Å². The molecule has 0 heterocycles. The number of phenolic OH excluding ortho intramolecular Hbond substituents is 1. The molecule has 2 aliphatic carbocycles. The summed E-state index contributed by atoms with van der Waals surface area (Å²) in [4.78, 5) is 11.1. The second-order valence-electron chi connectivity index (χ2n) is 5.13. The lowest BCUT2D eigenvalue weighted by Gasteiger charge is -2.51. The number of rotatable bonds is 1. The summed E-state index contributed by atoms with van der Waals surface area (Å²) in [5.74, 6) is 0.505. The summed E-state index contributed by atoms with van der Waals surface area (Å²) >= 11 is 0. The van der Waals surface area contributed by atoms with E-state index in [4.69, 9.17) is 0 Å². The quantitative estimate of drug-likeness (QED) is 0.732. The molecule has 0 aromatic heterocycles. The minimum absolute atomic E-state index is 0.0636. The lowest BCUT2D eigenvalue weighted by atomic mass is 9.52. The highest BCUT2D eigenvalue weighted by Crippen LogP contribution is 2.54. The van der Waals surface area contributed by atoms with E-state index in [0.29, 0.717) is 5.75 Å². The van der Waals surface area contributed by atoms with Crippen LogP contribution < -0.4 is 0 Å². The number of aryl methyl sites for hydroxylation is 1. The van der Waals surface area contributed by atoms with Crippen LogP contribution >= 0.6 is 0 Å². The minimum Gasteiger partial charge on any atom is -0.508 e. The first-order chi connectivity index (χ1) is 7.76. The Hall–Kier alpha value is -1.31. The number of carbonyl (C=O) groups excluding carboxylic acids is 1. The van der Waals surface area contributed by atoms with Gasteiger partial charge in [-0.1, -0.05) is 6.07 Å². The third-order valence-electron chi connectivity index (χ3n) is 4.47. The highest BCUT2D eigenvalue weighted by atomic mass is 16.3. The van der Waals surface area contributed by atoms with Crippen molar-refractivity contribution >= 4 is 6.29 Å². The smallest absolute Gasteiger partial charge is 0.123 e. The molecular formula is C14H16O2. The fourth-order valence-electron chi connectivity index (χ4n) is 3.48. The van der Waals surface area contributed by atoms with Crippen LogP contribution in [-0.4, -0.2) is 11.4 Å². The van der Waals surface area contributed by atoms with Crippen LogP contribution in [0.4, 0.5) is 0 Å². The molecule has 0 amide bonds. The zero-order chi connectivity index (χ0) is 11.2.